The molecule has 2 amide bonds. The standard InChI is InChI=1S/C8H7NO4.2C3H7NO/c9-6-3-4(7(10)11)1-2-5(6)8(12)13;2*1-4(2)3-5/h1-3H,9H2,(H,10,11)(H,12,13);2*3H,1-2H3. The second-order valence-electron chi connectivity index (χ2n) is 4.55. The monoisotopic (exact) mass is 327 g/mol. The molecule has 0 unspecified atom stereocenters. The summed E-state index contributed by atoms with van der Waals surface area (Å²) in [6.07, 6.45) is 1.50. The second kappa shape index (κ2) is 11.5. The van der Waals surface area contributed by atoms with E-state index in [1.165, 1.54) is 21.9 Å². The van der Waals surface area contributed by atoms with Crippen LogP contribution in [0.2, 0.25) is 0 Å². The van der Waals surface area contributed by atoms with Crippen LogP contribution in [-0.4, -0.2) is 73.0 Å². The summed E-state index contributed by atoms with van der Waals surface area (Å²) >= 11 is 0. The maximum Gasteiger partial charge on any atom is 0.337 e. The lowest BCUT2D eigenvalue weighted by molar-refractivity contribution is -0.116. The van der Waals surface area contributed by atoms with Gasteiger partial charge in [-0.1, -0.05) is 0 Å². The van der Waals surface area contributed by atoms with Gasteiger partial charge in [0, 0.05) is 33.9 Å². The van der Waals surface area contributed by atoms with Crippen molar-refractivity contribution < 1.29 is 29.4 Å². The fourth-order valence-corrected chi connectivity index (χ4v) is 0.891. The van der Waals surface area contributed by atoms with E-state index in [9.17, 15) is 19.2 Å². The number of nitrogen functional groups attached to an aromatic ring is 1. The number of benzene rings is 1. The highest BCUT2D eigenvalue weighted by molar-refractivity contribution is 5.96. The van der Waals surface area contributed by atoms with E-state index in [-0.39, 0.29) is 16.8 Å². The second-order valence-corrected chi connectivity index (χ2v) is 4.55. The lowest BCUT2D eigenvalue weighted by atomic mass is 10.1. The Morgan fingerprint density at radius 3 is 1.57 bits per heavy atom. The number of carboxylic acid groups (broad SMARTS) is 2. The minimum absolute atomic E-state index is 0.0255. The van der Waals surface area contributed by atoms with Gasteiger partial charge in [0.05, 0.1) is 11.1 Å². The molecule has 9 nitrogen and oxygen atoms in total. The number of aromatic carboxylic acids is 2. The Bertz CT molecular complexity index is 531. The van der Waals surface area contributed by atoms with Crippen molar-refractivity contribution in [3.8, 4) is 0 Å². The van der Waals surface area contributed by atoms with Gasteiger partial charge in [-0.3, -0.25) is 9.59 Å². The van der Waals surface area contributed by atoms with Gasteiger partial charge in [0.25, 0.3) is 0 Å². The summed E-state index contributed by atoms with van der Waals surface area (Å²) in [7, 11) is 6.75. The molecule has 128 valence electrons. The summed E-state index contributed by atoms with van der Waals surface area (Å²) in [6.45, 7) is 0. The zero-order valence-corrected chi connectivity index (χ0v) is 13.4. The number of rotatable bonds is 4. The first-order chi connectivity index (χ1) is 10.6. The summed E-state index contributed by atoms with van der Waals surface area (Å²) in [6, 6.07) is 3.48. The van der Waals surface area contributed by atoms with E-state index in [1.807, 2.05) is 0 Å². The van der Waals surface area contributed by atoms with Crippen LogP contribution in [0.1, 0.15) is 20.7 Å². The molecule has 1 aromatic carbocycles. The summed E-state index contributed by atoms with van der Waals surface area (Å²) in [4.78, 5) is 42.7. The van der Waals surface area contributed by atoms with Gasteiger partial charge in [-0.05, 0) is 18.2 Å². The molecule has 0 aliphatic rings. The highest BCUT2D eigenvalue weighted by Gasteiger charge is 2.10. The van der Waals surface area contributed by atoms with E-state index in [1.54, 1.807) is 28.2 Å². The summed E-state index contributed by atoms with van der Waals surface area (Å²) in [5.74, 6) is -2.31. The highest BCUT2D eigenvalue weighted by atomic mass is 16.4. The van der Waals surface area contributed by atoms with Gasteiger partial charge in [-0.2, -0.15) is 0 Å². The van der Waals surface area contributed by atoms with Crippen LogP contribution in [0.5, 0.6) is 0 Å². The van der Waals surface area contributed by atoms with Gasteiger partial charge in [0.1, 0.15) is 0 Å². The van der Waals surface area contributed by atoms with Gasteiger partial charge in [0.2, 0.25) is 12.8 Å². The van der Waals surface area contributed by atoms with Crippen LogP contribution >= 0.6 is 0 Å². The third-order valence-corrected chi connectivity index (χ3v) is 1.95. The van der Waals surface area contributed by atoms with Crippen molar-refractivity contribution in [3.05, 3.63) is 29.3 Å². The molecule has 0 atom stereocenters. The van der Waals surface area contributed by atoms with E-state index in [0.717, 1.165) is 18.9 Å². The van der Waals surface area contributed by atoms with Crippen molar-refractivity contribution >= 4 is 30.4 Å². The SMILES string of the molecule is CN(C)C=O.CN(C)C=O.Nc1cc(C(=O)O)ccc1C(=O)O. The molecular weight excluding hydrogens is 306 g/mol. The molecule has 0 spiro atoms. The zero-order valence-electron chi connectivity index (χ0n) is 13.4. The van der Waals surface area contributed by atoms with Crippen LogP contribution < -0.4 is 5.73 Å². The molecule has 0 heterocycles. The first-order valence-corrected chi connectivity index (χ1v) is 6.16. The third kappa shape index (κ3) is 11.3. The van der Waals surface area contributed by atoms with Crippen LogP contribution in [0, 0.1) is 0 Å². The predicted molar refractivity (Wildman–Crippen MR) is 84.3 cm³/mol. The topological polar surface area (TPSA) is 141 Å². The number of nitrogens with two attached hydrogens (primary N) is 1. The maximum absolute atomic E-state index is 10.5. The smallest absolute Gasteiger partial charge is 0.337 e. The van der Waals surface area contributed by atoms with Crippen LogP contribution in [0.15, 0.2) is 18.2 Å². The van der Waals surface area contributed by atoms with Crippen molar-refractivity contribution in [2.75, 3.05) is 33.9 Å². The molecule has 23 heavy (non-hydrogen) atoms. The molecule has 1 aromatic rings. The quantitative estimate of drug-likeness (QED) is 0.525. The fraction of sp³-hybridized carbons (Fsp3) is 0.286. The van der Waals surface area contributed by atoms with E-state index in [0.29, 0.717) is 0 Å². The summed E-state index contributed by atoms with van der Waals surface area (Å²) in [5, 5.41) is 17.1. The van der Waals surface area contributed by atoms with Gasteiger partial charge in [0.15, 0.2) is 0 Å². The van der Waals surface area contributed by atoms with Crippen LogP contribution in [0.25, 0.3) is 0 Å². The van der Waals surface area contributed by atoms with Crippen LogP contribution in [-0.2, 0) is 9.59 Å². The molecule has 0 fully saturated rings. The van der Waals surface area contributed by atoms with Crippen molar-refractivity contribution in [1.29, 1.82) is 0 Å². The molecule has 0 saturated carbocycles. The van der Waals surface area contributed by atoms with Gasteiger partial charge < -0.3 is 25.7 Å². The average Bonchev–Trinajstić information content (AvgIpc) is 2.47. The number of anilines is 1. The van der Waals surface area contributed by atoms with Crippen LogP contribution in [0.4, 0.5) is 5.69 Å². The molecule has 0 aromatic heterocycles. The largest absolute Gasteiger partial charge is 0.478 e. The summed E-state index contributed by atoms with van der Waals surface area (Å²) in [5.41, 5.74) is 5.15. The molecule has 0 bridgehead atoms. The number of hydrogen-bond donors (Lipinski definition) is 3. The molecule has 0 aliphatic heterocycles. The first kappa shape index (κ1) is 22.2. The number of amides is 2. The van der Waals surface area contributed by atoms with E-state index < -0.39 is 11.9 Å². The predicted octanol–water partition coefficient (Wildman–Crippen LogP) is 0.0740. The van der Waals surface area contributed by atoms with Gasteiger partial charge in [-0.15, -0.1) is 0 Å². The first-order valence-electron chi connectivity index (χ1n) is 6.16. The number of hydrogen-bond acceptors (Lipinski definition) is 5. The molecule has 9 heteroatoms. The Labute approximate surface area is 133 Å². The minimum Gasteiger partial charge on any atom is -0.478 e. The van der Waals surface area contributed by atoms with Crippen LogP contribution in [0.3, 0.4) is 0 Å². The molecule has 0 saturated heterocycles. The minimum atomic E-state index is -1.17. The molecule has 1 rings (SSSR count). The summed E-state index contributed by atoms with van der Waals surface area (Å²) < 4.78 is 0. The van der Waals surface area contributed by atoms with Crippen molar-refractivity contribution in [2.45, 2.75) is 0 Å². The van der Waals surface area contributed by atoms with E-state index in [4.69, 9.17) is 15.9 Å². The Balaban J connectivity index is 0. The van der Waals surface area contributed by atoms with Gasteiger partial charge in [-0.25, -0.2) is 9.59 Å². The van der Waals surface area contributed by atoms with E-state index in [2.05, 4.69) is 0 Å². The van der Waals surface area contributed by atoms with Crippen molar-refractivity contribution in [1.82, 2.24) is 9.80 Å². The van der Waals surface area contributed by atoms with Gasteiger partial charge >= 0.3 is 11.9 Å². The Hall–Kier alpha value is -3.10. The molecule has 0 radical (unpaired) electrons. The number of carbonyl (C=O) groups excluding carboxylic acids is 2. The molecule has 4 N–H and O–H groups in total. The maximum atomic E-state index is 10.5. The number of carbonyl (C=O) groups is 4. The van der Waals surface area contributed by atoms with Crippen molar-refractivity contribution in [3.63, 3.8) is 0 Å². The van der Waals surface area contributed by atoms with E-state index >= 15 is 0 Å². The number of nitrogens with zero attached hydrogens (tertiary/aromatic N) is 2. The lowest BCUT2D eigenvalue weighted by Crippen LogP contribution is -2.06. The fourth-order valence-electron chi connectivity index (χ4n) is 0.891. The average molecular weight is 327 g/mol. The Morgan fingerprint density at radius 1 is 0.957 bits per heavy atom. The normalized spacial score (nSPS) is 8.35. The lowest BCUT2D eigenvalue weighted by Gasteiger charge is -2.00. The van der Waals surface area contributed by atoms with Crippen molar-refractivity contribution in [2.24, 2.45) is 0 Å². The Morgan fingerprint density at radius 2 is 1.35 bits per heavy atom. The highest BCUT2D eigenvalue weighted by Crippen LogP contribution is 2.13. The number of carboxylic acids is 2. The Kier molecular flexibility index (Phi) is 11.1. The molecule has 0 aliphatic carbocycles. The zero-order chi connectivity index (χ0) is 18.6. The third-order valence-electron chi connectivity index (χ3n) is 1.95. The molecular formula is C14H21N3O6.